The number of rotatable bonds is 7. The van der Waals surface area contributed by atoms with E-state index in [0.717, 1.165) is 43.5 Å². The number of carbonyl (C=O) groups excluding carboxylic acids is 1. The van der Waals surface area contributed by atoms with Gasteiger partial charge in [0.05, 0.1) is 0 Å². The third kappa shape index (κ3) is 4.86. The van der Waals surface area contributed by atoms with E-state index < -0.39 is 5.91 Å². The van der Waals surface area contributed by atoms with Gasteiger partial charge in [-0.1, -0.05) is 18.2 Å². The first-order chi connectivity index (χ1) is 14.6. The van der Waals surface area contributed by atoms with Crippen LogP contribution in [0.25, 0.3) is 0 Å². The van der Waals surface area contributed by atoms with E-state index in [1.54, 1.807) is 36.4 Å². The molecule has 0 spiro atoms. The normalized spacial score (nSPS) is 15.4. The molecule has 3 aromatic rings. The molecule has 1 aliphatic rings. The number of nitrogens with one attached hydrogen (secondary N) is 1. The van der Waals surface area contributed by atoms with Crippen molar-refractivity contribution in [1.29, 1.82) is 0 Å². The molecule has 5 heteroatoms. The lowest BCUT2D eigenvalue weighted by Gasteiger charge is -2.27. The average molecular weight is 404 g/mol. The van der Waals surface area contributed by atoms with Gasteiger partial charge in [0.1, 0.15) is 17.3 Å². The van der Waals surface area contributed by atoms with Crippen molar-refractivity contribution in [3.8, 4) is 11.5 Å². The Balaban J connectivity index is 1.40. The summed E-state index contributed by atoms with van der Waals surface area (Å²) in [5, 5.41) is 3.62. The summed E-state index contributed by atoms with van der Waals surface area (Å²) < 4.78 is 19.3. The zero-order chi connectivity index (χ0) is 20.9. The van der Waals surface area contributed by atoms with Gasteiger partial charge < -0.3 is 15.8 Å². The molecule has 30 heavy (non-hydrogen) atoms. The lowest BCUT2D eigenvalue weighted by Crippen LogP contribution is -2.27. The third-order valence-electron chi connectivity index (χ3n) is 5.50. The number of carbonyl (C=O) groups is 1. The predicted molar refractivity (Wildman–Crippen MR) is 115 cm³/mol. The first-order valence-electron chi connectivity index (χ1n) is 10.3. The monoisotopic (exact) mass is 404 g/mol. The van der Waals surface area contributed by atoms with Crippen LogP contribution in [-0.4, -0.2) is 12.5 Å². The molecule has 0 radical (unpaired) electrons. The Hall–Kier alpha value is -3.18. The van der Waals surface area contributed by atoms with Crippen molar-refractivity contribution in [3.05, 3.63) is 94.8 Å². The lowest BCUT2D eigenvalue weighted by atomic mass is 9.87. The van der Waals surface area contributed by atoms with Crippen LogP contribution in [0.5, 0.6) is 11.5 Å². The summed E-state index contributed by atoms with van der Waals surface area (Å²) in [6.45, 7) is 0.804. The minimum absolute atomic E-state index is 0.188. The van der Waals surface area contributed by atoms with E-state index >= 15 is 0 Å². The summed E-state index contributed by atoms with van der Waals surface area (Å²) in [5.41, 5.74) is 9.33. The molecular formula is C25H25FN2O2. The van der Waals surface area contributed by atoms with Crippen LogP contribution in [0.15, 0.2) is 66.7 Å². The van der Waals surface area contributed by atoms with Gasteiger partial charge in [-0.25, -0.2) is 4.39 Å². The maximum atomic E-state index is 13.3. The highest BCUT2D eigenvalue weighted by molar-refractivity contribution is 5.92. The Morgan fingerprint density at radius 2 is 1.87 bits per heavy atom. The number of amides is 1. The largest absolute Gasteiger partial charge is 0.457 e. The van der Waals surface area contributed by atoms with E-state index in [1.807, 2.05) is 12.1 Å². The van der Waals surface area contributed by atoms with Crippen LogP contribution in [0.1, 0.15) is 45.9 Å². The number of hydrogen-bond acceptors (Lipinski definition) is 3. The molecule has 1 atom stereocenters. The van der Waals surface area contributed by atoms with Crippen molar-refractivity contribution in [2.45, 2.75) is 31.7 Å². The minimum Gasteiger partial charge on any atom is -0.457 e. The molecule has 4 nitrogen and oxygen atoms in total. The predicted octanol–water partition coefficient (Wildman–Crippen LogP) is 4.93. The molecule has 154 valence electrons. The van der Waals surface area contributed by atoms with E-state index in [-0.39, 0.29) is 5.82 Å². The Kier molecular flexibility index (Phi) is 6.10. The number of halogens is 1. The number of fused-ring (bicyclic) bond motifs is 1. The molecule has 3 N–H and O–H groups in total. The number of aryl methyl sites for hydroxylation is 1. The van der Waals surface area contributed by atoms with Crippen molar-refractivity contribution in [3.63, 3.8) is 0 Å². The van der Waals surface area contributed by atoms with Crippen LogP contribution in [0.4, 0.5) is 4.39 Å². The van der Waals surface area contributed by atoms with Gasteiger partial charge in [-0.2, -0.15) is 0 Å². The minimum atomic E-state index is -0.453. The molecule has 0 saturated heterocycles. The van der Waals surface area contributed by atoms with Gasteiger partial charge in [0, 0.05) is 11.6 Å². The number of hydrogen-bond donors (Lipinski definition) is 2. The van der Waals surface area contributed by atoms with Gasteiger partial charge in [-0.15, -0.1) is 0 Å². The molecule has 1 aliphatic carbocycles. The number of benzene rings is 3. The number of primary amides is 1. The van der Waals surface area contributed by atoms with Crippen LogP contribution in [0.3, 0.4) is 0 Å². The Morgan fingerprint density at radius 3 is 2.63 bits per heavy atom. The summed E-state index contributed by atoms with van der Waals surface area (Å²) in [6, 6.07) is 20.1. The molecule has 0 heterocycles. The van der Waals surface area contributed by atoms with Gasteiger partial charge >= 0.3 is 0 Å². The van der Waals surface area contributed by atoms with Gasteiger partial charge in [0.25, 0.3) is 0 Å². The van der Waals surface area contributed by atoms with E-state index in [1.165, 1.54) is 17.2 Å². The number of ether oxygens (including phenoxy) is 1. The van der Waals surface area contributed by atoms with Crippen molar-refractivity contribution >= 4 is 5.91 Å². The maximum Gasteiger partial charge on any atom is 0.248 e. The molecule has 1 unspecified atom stereocenters. The topological polar surface area (TPSA) is 64.4 Å². The van der Waals surface area contributed by atoms with E-state index in [0.29, 0.717) is 17.4 Å². The van der Waals surface area contributed by atoms with Crippen molar-refractivity contribution in [2.24, 2.45) is 5.73 Å². The second kappa shape index (κ2) is 9.09. The standard InChI is InChI=1S/C25H25FN2O2/c26-20-5-1-3-17(15-20)13-14-28-24-6-2-4-19-16-22(11-12-23(19)24)30-21-9-7-18(8-10-21)25(27)29/h1,3,5,7-12,15-16,24,28H,2,4,6,13-14H2,(H2,27,29). The van der Waals surface area contributed by atoms with Gasteiger partial charge in [-0.3, -0.25) is 4.79 Å². The summed E-state index contributed by atoms with van der Waals surface area (Å²) in [4.78, 5) is 11.2. The summed E-state index contributed by atoms with van der Waals surface area (Å²) in [6.07, 6.45) is 4.02. The quantitative estimate of drug-likeness (QED) is 0.587. The molecule has 0 aliphatic heterocycles. The van der Waals surface area contributed by atoms with Gasteiger partial charge in [-0.05, 0) is 97.4 Å². The second-order valence-corrected chi connectivity index (χ2v) is 7.63. The van der Waals surface area contributed by atoms with E-state index in [9.17, 15) is 9.18 Å². The fraction of sp³-hybridized carbons (Fsp3) is 0.240. The molecule has 0 fully saturated rings. The highest BCUT2D eigenvalue weighted by Gasteiger charge is 2.20. The van der Waals surface area contributed by atoms with Crippen LogP contribution in [0, 0.1) is 5.82 Å². The van der Waals surface area contributed by atoms with E-state index in [2.05, 4.69) is 17.4 Å². The summed E-state index contributed by atoms with van der Waals surface area (Å²) >= 11 is 0. The average Bonchev–Trinajstić information content (AvgIpc) is 2.74. The number of nitrogens with two attached hydrogens (primary N) is 1. The lowest BCUT2D eigenvalue weighted by molar-refractivity contribution is 0.100. The fourth-order valence-corrected chi connectivity index (χ4v) is 3.97. The zero-order valence-electron chi connectivity index (χ0n) is 16.7. The van der Waals surface area contributed by atoms with Crippen LogP contribution < -0.4 is 15.8 Å². The maximum absolute atomic E-state index is 13.3. The SMILES string of the molecule is NC(=O)c1ccc(Oc2ccc3c(c2)CCCC3NCCc2cccc(F)c2)cc1. The molecule has 4 rings (SSSR count). The zero-order valence-corrected chi connectivity index (χ0v) is 16.7. The van der Waals surface area contributed by atoms with Gasteiger partial charge in [0.15, 0.2) is 0 Å². The third-order valence-corrected chi connectivity index (χ3v) is 5.50. The molecule has 0 aromatic heterocycles. The molecule has 0 saturated carbocycles. The van der Waals surface area contributed by atoms with Crippen molar-refractivity contribution in [2.75, 3.05) is 6.54 Å². The van der Waals surface area contributed by atoms with Crippen molar-refractivity contribution in [1.82, 2.24) is 5.32 Å². The summed E-state index contributed by atoms with van der Waals surface area (Å²) in [5.74, 6) is 0.806. The Bertz CT molecular complexity index is 1030. The van der Waals surface area contributed by atoms with Crippen LogP contribution >= 0.6 is 0 Å². The molecule has 3 aromatic carbocycles. The first-order valence-corrected chi connectivity index (χ1v) is 10.3. The Morgan fingerprint density at radius 1 is 1.07 bits per heavy atom. The molecule has 1 amide bonds. The fourth-order valence-electron chi connectivity index (χ4n) is 3.97. The smallest absolute Gasteiger partial charge is 0.248 e. The summed E-state index contributed by atoms with van der Waals surface area (Å²) in [7, 11) is 0. The highest BCUT2D eigenvalue weighted by Crippen LogP contribution is 2.33. The van der Waals surface area contributed by atoms with Crippen molar-refractivity contribution < 1.29 is 13.9 Å². The first kappa shape index (κ1) is 20.1. The molecular weight excluding hydrogens is 379 g/mol. The highest BCUT2D eigenvalue weighted by atomic mass is 19.1. The Labute approximate surface area is 175 Å². The molecule has 0 bridgehead atoms. The van der Waals surface area contributed by atoms with E-state index in [4.69, 9.17) is 10.5 Å². The second-order valence-electron chi connectivity index (χ2n) is 7.63. The van der Waals surface area contributed by atoms with Crippen LogP contribution in [0.2, 0.25) is 0 Å². The van der Waals surface area contributed by atoms with Gasteiger partial charge in [0.2, 0.25) is 5.91 Å². The van der Waals surface area contributed by atoms with Crippen LogP contribution in [-0.2, 0) is 12.8 Å².